The Morgan fingerprint density at radius 3 is 2.85 bits per heavy atom. The van der Waals surface area contributed by atoms with Crippen LogP contribution in [0.25, 0.3) is 16.9 Å². The third-order valence-corrected chi connectivity index (χ3v) is 2.92. The van der Waals surface area contributed by atoms with Crippen molar-refractivity contribution in [2.24, 2.45) is 0 Å². The Kier molecular flexibility index (Phi) is 3.26. The average Bonchev–Trinajstić information content (AvgIpc) is 3.01. The zero-order chi connectivity index (χ0) is 13.9. The second-order valence-electron chi connectivity index (χ2n) is 3.86. The number of benzene rings is 1. The minimum atomic E-state index is 0.470. The summed E-state index contributed by atoms with van der Waals surface area (Å²) < 4.78 is 6.65. The van der Waals surface area contributed by atoms with Gasteiger partial charge in [0.2, 0.25) is 5.88 Å². The molecule has 2 heterocycles. The Morgan fingerprint density at radius 1 is 1.20 bits per heavy atom. The standard InChI is InChI=1S/C12H9ClN6O/c1-20-12-5-10(14-6-15-12)9-4-8(13)2-3-11(9)19-7-16-17-18-19/h2-7H,1H3. The summed E-state index contributed by atoms with van der Waals surface area (Å²) >= 11 is 6.07. The zero-order valence-electron chi connectivity index (χ0n) is 10.4. The van der Waals surface area contributed by atoms with Crippen LogP contribution >= 0.6 is 11.6 Å². The van der Waals surface area contributed by atoms with E-state index < -0.39 is 0 Å². The highest BCUT2D eigenvalue weighted by atomic mass is 35.5. The summed E-state index contributed by atoms with van der Waals surface area (Å²) in [5.41, 5.74) is 2.22. The fourth-order valence-corrected chi connectivity index (χ4v) is 1.96. The predicted octanol–water partition coefficient (Wildman–Crippen LogP) is 1.78. The number of rotatable bonds is 3. The minimum absolute atomic E-state index is 0.470. The van der Waals surface area contributed by atoms with E-state index in [2.05, 4.69) is 25.5 Å². The molecule has 0 saturated carbocycles. The molecule has 3 aromatic rings. The molecule has 100 valence electrons. The SMILES string of the molecule is COc1cc(-c2cc(Cl)ccc2-n2cnnn2)ncn1. The number of halogens is 1. The maximum absolute atomic E-state index is 6.07. The van der Waals surface area contributed by atoms with Gasteiger partial charge in [-0.05, 0) is 28.6 Å². The zero-order valence-corrected chi connectivity index (χ0v) is 11.2. The number of tetrazole rings is 1. The van der Waals surface area contributed by atoms with Gasteiger partial charge in [0.25, 0.3) is 0 Å². The molecule has 8 heteroatoms. The molecular weight excluding hydrogens is 280 g/mol. The summed E-state index contributed by atoms with van der Waals surface area (Å²) in [5, 5.41) is 11.7. The molecule has 2 aromatic heterocycles. The number of hydrogen-bond donors (Lipinski definition) is 0. The molecular formula is C12H9ClN6O. The van der Waals surface area contributed by atoms with Gasteiger partial charge in [0.05, 0.1) is 18.5 Å². The van der Waals surface area contributed by atoms with E-state index in [0.717, 1.165) is 11.3 Å². The summed E-state index contributed by atoms with van der Waals surface area (Å²) in [7, 11) is 1.55. The van der Waals surface area contributed by atoms with Crippen LogP contribution in [-0.4, -0.2) is 37.3 Å². The van der Waals surface area contributed by atoms with Crippen LogP contribution < -0.4 is 4.74 Å². The molecule has 0 aliphatic heterocycles. The number of aromatic nitrogens is 6. The topological polar surface area (TPSA) is 78.6 Å². The van der Waals surface area contributed by atoms with E-state index in [0.29, 0.717) is 16.6 Å². The second kappa shape index (κ2) is 5.22. The van der Waals surface area contributed by atoms with Gasteiger partial charge in [0.1, 0.15) is 12.7 Å². The lowest BCUT2D eigenvalue weighted by Gasteiger charge is -2.09. The molecule has 0 saturated heterocycles. The van der Waals surface area contributed by atoms with E-state index in [4.69, 9.17) is 16.3 Å². The third-order valence-electron chi connectivity index (χ3n) is 2.68. The van der Waals surface area contributed by atoms with E-state index in [1.165, 1.54) is 12.7 Å². The van der Waals surface area contributed by atoms with Gasteiger partial charge in [-0.25, -0.2) is 9.97 Å². The molecule has 0 aliphatic rings. The van der Waals surface area contributed by atoms with Crippen LogP contribution in [0.5, 0.6) is 5.88 Å². The smallest absolute Gasteiger partial charge is 0.216 e. The van der Waals surface area contributed by atoms with Crippen LogP contribution in [0.2, 0.25) is 5.02 Å². The Labute approximate surface area is 119 Å². The van der Waals surface area contributed by atoms with Crippen molar-refractivity contribution < 1.29 is 4.74 Å². The van der Waals surface area contributed by atoms with E-state index in [9.17, 15) is 0 Å². The van der Waals surface area contributed by atoms with Gasteiger partial charge >= 0.3 is 0 Å². The van der Waals surface area contributed by atoms with Gasteiger partial charge in [0.15, 0.2) is 0 Å². The normalized spacial score (nSPS) is 10.5. The number of hydrogen-bond acceptors (Lipinski definition) is 6. The van der Waals surface area contributed by atoms with Crippen molar-refractivity contribution >= 4 is 11.6 Å². The first-order valence-corrected chi connectivity index (χ1v) is 6.05. The van der Waals surface area contributed by atoms with Crippen molar-refractivity contribution in [2.45, 2.75) is 0 Å². The van der Waals surface area contributed by atoms with Crippen molar-refractivity contribution in [3.05, 3.63) is 41.9 Å². The molecule has 7 nitrogen and oxygen atoms in total. The van der Waals surface area contributed by atoms with Crippen molar-refractivity contribution in [3.8, 4) is 22.8 Å². The van der Waals surface area contributed by atoms with Crippen LogP contribution in [0, 0.1) is 0 Å². The fraction of sp³-hybridized carbons (Fsp3) is 0.0833. The molecule has 0 amide bonds. The molecule has 1 aromatic carbocycles. The molecule has 0 aliphatic carbocycles. The highest BCUT2D eigenvalue weighted by Gasteiger charge is 2.11. The number of methoxy groups -OCH3 is 1. The van der Waals surface area contributed by atoms with Crippen LogP contribution in [0.3, 0.4) is 0 Å². The van der Waals surface area contributed by atoms with E-state index in [1.807, 2.05) is 6.07 Å². The molecule has 0 unspecified atom stereocenters. The Hall–Kier alpha value is -2.54. The van der Waals surface area contributed by atoms with Crippen molar-refractivity contribution in [3.63, 3.8) is 0 Å². The Bertz CT molecular complexity index is 731. The van der Waals surface area contributed by atoms with Gasteiger partial charge in [-0.1, -0.05) is 11.6 Å². The van der Waals surface area contributed by atoms with Gasteiger partial charge in [-0.3, -0.25) is 0 Å². The lowest BCUT2D eigenvalue weighted by Crippen LogP contribution is -2.00. The molecule has 0 N–H and O–H groups in total. The van der Waals surface area contributed by atoms with Crippen molar-refractivity contribution in [1.82, 2.24) is 30.2 Å². The Morgan fingerprint density at radius 2 is 2.10 bits per heavy atom. The highest BCUT2D eigenvalue weighted by Crippen LogP contribution is 2.28. The molecule has 3 rings (SSSR count). The predicted molar refractivity (Wildman–Crippen MR) is 71.7 cm³/mol. The summed E-state index contributed by atoms with van der Waals surface area (Å²) in [5.74, 6) is 0.470. The first kappa shape index (κ1) is 12.5. The van der Waals surface area contributed by atoms with E-state index in [1.54, 1.807) is 30.0 Å². The molecule has 0 spiro atoms. The van der Waals surface area contributed by atoms with E-state index in [-0.39, 0.29) is 0 Å². The number of ether oxygens (including phenoxy) is 1. The first-order chi connectivity index (χ1) is 9.78. The molecule has 20 heavy (non-hydrogen) atoms. The van der Waals surface area contributed by atoms with Gasteiger partial charge < -0.3 is 4.74 Å². The van der Waals surface area contributed by atoms with Crippen molar-refractivity contribution in [1.29, 1.82) is 0 Å². The lowest BCUT2D eigenvalue weighted by molar-refractivity contribution is 0.397. The van der Waals surface area contributed by atoms with Crippen LogP contribution in [-0.2, 0) is 0 Å². The average molecular weight is 289 g/mol. The van der Waals surface area contributed by atoms with Crippen LogP contribution in [0.4, 0.5) is 0 Å². The van der Waals surface area contributed by atoms with Gasteiger partial charge in [-0.15, -0.1) is 5.10 Å². The minimum Gasteiger partial charge on any atom is -0.481 e. The van der Waals surface area contributed by atoms with E-state index >= 15 is 0 Å². The molecule has 0 radical (unpaired) electrons. The summed E-state index contributed by atoms with van der Waals surface area (Å²) in [4.78, 5) is 8.22. The fourth-order valence-electron chi connectivity index (χ4n) is 1.78. The maximum atomic E-state index is 6.07. The third kappa shape index (κ3) is 2.30. The molecule has 0 bridgehead atoms. The Balaban J connectivity index is 2.19. The van der Waals surface area contributed by atoms with Gasteiger partial charge in [0, 0.05) is 16.7 Å². The van der Waals surface area contributed by atoms with Crippen LogP contribution in [0.1, 0.15) is 0 Å². The quantitative estimate of drug-likeness (QED) is 0.731. The second-order valence-corrected chi connectivity index (χ2v) is 4.30. The molecule has 0 atom stereocenters. The largest absolute Gasteiger partial charge is 0.481 e. The lowest BCUT2D eigenvalue weighted by atomic mass is 10.1. The van der Waals surface area contributed by atoms with Gasteiger partial charge in [-0.2, -0.15) is 4.68 Å². The highest BCUT2D eigenvalue weighted by molar-refractivity contribution is 6.31. The number of nitrogens with zero attached hydrogens (tertiary/aromatic N) is 6. The first-order valence-electron chi connectivity index (χ1n) is 5.67. The summed E-state index contributed by atoms with van der Waals surface area (Å²) in [6.07, 6.45) is 2.93. The van der Waals surface area contributed by atoms with Crippen LogP contribution in [0.15, 0.2) is 36.9 Å². The summed E-state index contributed by atoms with van der Waals surface area (Å²) in [6.45, 7) is 0. The summed E-state index contributed by atoms with van der Waals surface area (Å²) in [6, 6.07) is 7.10. The maximum Gasteiger partial charge on any atom is 0.216 e. The monoisotopic (exact) mass is 288 g/mol. The molecule has 0 fully saturated rings. The van der Waals surface area contributed by atoms with Crippen molar-refractivity contribution in [2.75, 3.05) is 7.11 Å².